The molecule has 12 nitrogen and oxygen atoms in total. The molecule has 2 heterocycles. The van der Waals surface area contributed by atoms with Gasteiger partial charge in [-0.2, -0.15) is 0 Å². The summed E-state index contributed by atoms with van der Waals surface area (Å²) in [4.78, 5) is 35.1. The number of fused-ring (bicyclic) bond motifs is 1. The van der Waals surface area contributed by atoms with Crippen molar-refractivity contribution in [3.63, 3.8) is 0 Å². The van der Waals surface area contributed by atoms with Gasteiger partial charge in [-0.05, 0) is 29.8 Å². The van der Waals surface area contributed by atoms with E-state index in [0.717, 1.165) is 0 Å². The lowest BCUT2D eigenvalue weighted by Crippen LogP contribution is -2.60. The minimum atomic E-state index is -1.72. The van der Waals surface area contributed by atoms with Gasteiger partial charge < -0.3 is 43.8 Å². The fourth-order valence-electron chi connectivity index (χ4n) is 3.79. The van der Waals surface area contributed by atoms with E-state index in [9.17, 15) is 29.7 Å². The average Bonchev–Trinajstić information content (AvgIpc) is 2.88. The van der Waals surface area contributed by atoms with Gasteiger partial charge in [0.1, 0.15) is 60.8 Å². The number of aliphatic hydroxyl groups is 3. The fraction of sp³-hybridized carbons (Fsp3) is 0.320. The van der Waals surface area contributed by atoms with Crippen LogP contribution in [0.15, 0.2) is 57.9 Å². The Hall–Kier alpha value is -3.97. The number of ether oxygens (including phenoxy) is 4. The summed E-state index contributed by atoms with van der Waals surface area (Å²) in [5, 5.41) is 39.6. The summed E-state index contributed by atoms with van der Waals surface area (Å²) in [6, 6.07) is 11.2. The molecule has 5 atom stereocenters. The zero-order chi connectivity index (χ0) is 26.7. The van der Waals surface area contributed by atoms with Gasteiger partial charge in [0.15, 0.2) is 5.43 Å². The van der Waals surface area contributed by atoms with Crippen molar-refractivity contribution in [2.45, 2.75) is 37.1 Å². The summed E-state index contributed by atoms with van der Waals surface area (Å²) in [7, 11) is 1.54. The zero-order valence-corrected chi connectivity index (χ0v) is 19.5. The maximum atomic E-state index is 13.0. The number of methoxy groups -OCH3 is 1. The van der Waals surface area contributed by atoms with Gasteiger partial charge in [0.25, 0.3) is 0 Å². The van der Waals surface area contributed by atoms with Gasteiger partial charge in [0.05, 0.1) is 18.1 Å². The largest absolute Gasteiger partial charge is 0.497 e. The average molecular weight is 516 g/mol. The minimum Gasteiger partial charge on any atom is -0.497 e. The third-order valence-corrected chi connectivity index (χ3v) is 5.77. The molecule has 1 aromatic heterocycles. The number of hydrogen-bond donors (Lipinski definition) is 4. The fourth-order valence-corrected chi connectivity index (χ4v) is 3.79. The molecule has 1 aliphatic rings. The Labute approximate surface area is 209 Å². The highest BCUT2D eigenvalue weighted by molar-refractivity contribution is 5.90. The molecule has 12 heteroatoms. The number of benzene rings is 2. The summed E-state index contributed by atoms with van der Waals surface area (Å²) >= 11 is 0. The van der Waals surface area contributed by atoms with Crippen LogP contribution in [0.5, 0.6) is 11.5 Å². The molecule has 37 heavy (non-hydrogen) atoms. The van der Waals surface area contributed by atoms with Crippen LogP contribution in [0.2, 0.25) is 0 Å². The van der Waals surface area contributed by atoms with Crippen LogP contribution in [-0.4, -0.2) is 76.8 Å². The molecule has 196 valence electrons. The Morgan fingerprint density at radius 2 is 1.68 bits per heavy atom. The van der Waals surface area contributed by atoms with Crippen LogP contribution < -0.4 is 14.9 Å². The number of carbonyl (C=O) groups is 2. The van der Waals surface area contributed by atoms with E-state index in [1.54, 1.807) is 24.3 Å². The van der Waals surface area contributed by atoms with E-state index in [4.69, 9.17) is 28.5 Å². The van der Waals surface area contributed by atoms with E-state index in [1.807, 2.05) is 0 Å². The van der Waals surface area contributed by atoms with Crippen molar-refractivity contribution < 1.29 is 53.4 Å². The van der Waals surface area contributed by atoms with Crippen LogP contribution in [0.3, 0.4) is 0 Å². The molecule has 0 spiro atoms. The maximum Gasteiger partial charge on any atom is 0.317 e. The van der Waals surface area contributed by atoms with E-state index in [0.29, 0.717) is 16.9 Å². The first-order valence-electron chi connectivity index (χ1n) is 11.1. The lowest BCUT2D eigenvalue weighted by Gasteiger charge is -2.39. The number of esters is 1. The topological polar surface area (TPSA) is 182 Å². The molecule has 0 radical (unpaired) electrons. The third kappa shape index (κ3) is 5.73. The summed E-state index contributed by atoms with van der Waals surface area (Å²) in [5.41, 5.74) is 0.879. The number of carboxylic acid groups (broad SMARTS) is 1. The Kier molecular flexibility index (Phi) is 7.74. The maximum absolute atomic E-state index is 13.0. The van der Waals surface area contributed by atoms with Crippen molar-refractivity contribution in [2.75, 3.05) is 13.7 Å². The van der Waals surface area contributed by atoms with Crippen LogP contribution in [0, 0.1) is 0 Å². The van der Waals surface area contributed by atoms with Crippen LogP contribution in [0.25, 0.3) is 22.1 Å². The Bertz CT molecular complexity index is 1330. The van der Waals surface area contributed by atoms with Gasteiger partial charge in [0, 0.05) is 6.07 Å². The first-order valence-corrected chi connectivity index (χ1v) is 11.1. The van der Waals surface area contributed by atoms with Crippen LogP contribution in [0.4, 0.5) is 0 Å². The van der Waals surface area contributed by atoms with Crippen molar-refractivity contribution in [2.24, 2.45) is 0 Å². The standard InChI is InChI=1S/C25H24O12/c1-33-13-4-2-12(3-5-13)16-10-34-17-8-14(6-7-15(17)21(16)29)36-25-24(32)23(31)22(30)18(37-25)11-35-20(28)9-19(26)27/h2-8,10,18,22-25,30-32H,9,11H2,1H3,(H,26,27)/t18-,22-,23+,24-,25-/m1/s1. The van der Waals surface area contributed by atoms with Gasteiger partial charge in [-0.3, -0.25) is 14.4 Å². The molecule has 0 saturated carbocycles. The summed E-state index contributed by atoms with van der Waals surface area (Å²) in [6.45, 7) is -0.586. The van der Waals surface area contributed by atoms with E-state index in [1.165, 1.54) is 31.6 Å². The quantitative estimate of drug-likeness (QED) is 0.243. The highest BCUT2D eigenvalue weighted by atomic mass is 16.7. The number of carboxylic acids is 1. The number of aliphatic hydroxyl groups excluding tert-OH is 3. The lowest BCUT2D eigenvalue weighted by molar-refractivity contribution is -0.278. The van der Waals surface area contributed by atoms with Gasteiger partial charge in [-0.25, -0.2) is 0 Å². The first-order chi connectivity index (χ1) is 17.7. The van der Waals surface area contributed by atoms with Gasteiger partial charge in [-0.15, -0.1) is 0 Å². The van der Waals surface area contributed by atoms with Gasteiger partial charge >= 0.3 is 11.9 Å². The number of hydrogen-bond acceptors (Lipinski definition) is 11. The van der Waals surface area contributed by atoms with Gasteiger partial charge in [-0.1, -0.05) is 12.1 Å². The third-order valence-electron chi connectivity index (χ3n) is 5.77. The van der Waals surface area contributed by atoms with Gasteiger partial charge in [0.2, 0.25) is 6.29 Å². The molecule has 0 amide bonds. The van der Waals surface area contributed by atoms with Crippen molar-refractivity contribution in [1.82, 2.24) is 0 Å². The Balaban J connectivity index is 1.51. The second-order valence-corrected chi connectivity index (χ2v) is 8.25. The van der Waals surface area contributed by atoms with Crippen molar-refractivity contribution in [3.8, 4) is 22.6 Å². The number of carbonyl (C=O) groups excluding carboxylic acids is 1. The first kappa shape index (κ1) is 26.1. The van der Waals surface area contributed by atoms with Crippen molar-refractivity contribution in [3.05, 3.63) is 59.0 Å². The Morgan fingerprint density at radius 3 is 2.35 bits per heavy atom. The molecular weight excluding hydrogens is 492 g/mol. The van der Waals surface area contributed by atoms with E-state index in [-0.39, 0.29) is 22.1 Å². The molecule has 3 aromatic rings. The van der Waals surface area contributed by atoms with Crippen molar-refractivity contribution in [1.29, 1.82) is 0 Å². The second-order valence-electron chi connectivity index (χ2n) is 8.25. The molecule has 1 saturated heterocycles. The summed E-state index contributed by atoms with van der Waals surface area (Å²) < 4.78 is 26.6. The molecular formula is C25H24O12. The molecule has 1 fully saturated rings. The summed E-state index contributed by atoms with van der Waals surface area (Å²) in [5.74, 6) is -1.71. The van der Waals surface area contributed by atoms with Crippen LogP contribution in [-0.2, 0) is 19.1 Å². The number of aliphatic carboxylic acids is 1. The molecule has 0 aliphatic carbocycles. The molecule has 0 unspecified atom stereocenters. The van der Waals surface area contributed by atoms with E-state index < -0.39 is 55.7 Å². The van der Waals surface area contributed by atoms with Crippen LogP contribution >= 0.6 is 0 Å². The minimum absolute atomic E-state index is 0.113. The highest BCUT2D eigenvalue weighted by Crippen LogP contribution is 2.28. The van der Waals surface area contributed by atoms with E-state index >= 15 is 0 Å². The number of rotatable bonds is 8. The molecule has 1 aliphatic heterocycles. The summed E-state index contributed by atoms with van der Waals surface area (Å²) in [6.07, 6.45) is -7.43. The Morgan fingerprint density at radius 1 is 0.973 bits per heavy atom. The molecule has 0 bridgehead atoms. The molecule has 4 N–H and O–H groups in total. The lowest BCUT2D eigenvalue weighted by atomic mass is 9.99. The normalized spacial score (nSPS) is 23.4. The predicted molar refractivity (Wildman–Crippen MR) is 125 cm³/mol. The zero-order valence-electron chi connectivity index (χ0n) is 19.5. The predicted octanol–water partition coefficient (Wildman–Crippen LogP) is 0.673. The SMILES string of the molecule is COc1ccc(-c2coc3cc(O[C@@H]4O[C@H](COC(=O)CC(=O)O)[C@@H](O)[C@H](O)[C@H]4O)ccc3c2=O)cc1. The molecule has 2 aromatic carbocycles. The smallest absolute Gasteiger partial charge is 0.317 e. The van der Waals surface area contributed by atoms with Crippen molar-refractivity contribution >= 4 is 22.9 Å². The monoisotopic (exact) mass is 516 g/mol. The molecule has 4 rings (SSSR count). The highest BCUT2D eigenvalue weighted by Gasteiger charge is 2.45. The second kappa shape index (κ2) is 11.0. The van der Waals surface area contributed by atoms with Crippen LogP contribution in [0.1, 0.15) is 6.42 Å². The van der Waals surface area contributed by atoms with E-state index in [2.05, 4.69) is 0 Å².